The molecular formula is C18H34N2O. The third-order valence-electron chi connectivity index (χ3n) is 5.46. The summed E-state index contributed by atoms with van der Waals surface area (Å²) >= 11 is 0. The number of nitrogens with zero attached hydrogens (tertiary/aromatic N) is 1. The van der Waals surface area contributed by atoms with Crippen molar-refractivity contribution in [2.75, 3.05) is 19.6 Å². The summed E-state index contributed by atoms with van der Waals surface area (Å²) in [4.78, 5) is 14.8. The fraction of sp³-hybridized carbons (Fsp3) is 0.944. The highest BCUT2D eigenvalue weighted by Gasteiger charge is 2.31. The van der Waals surface area contributed by atoms with Gasteiger partial charge in [0.15, 0.2) is 0 Å². The van der Waals surface area contributed by atoms with E-state index in [1.807, 2.05) is 0 Å². The van der Waals surface area contributed by atoms with Gasteiger partial charge < -0.3 is 10.2 Å². The van der Waals surface area contributed by atoms with Crippen LogP contribution in [0.3, 0.4) is 0 Å². The second-order valence-electron chi connectivity index (χ2n) is 7.02. The zero-order valence-electron chi connectivity index (χ0n) is 14.1. The molecule has 1 saturated carbocycles. The van der Waals surface area contributed by atoms with Gasteiger partial charge in [-0.1, -0.05) is 33.1 Å². The molecule has 1 saturated heterocycles. The first kappa shape index (κ1) is 16.8. The Morgan fingerprint density at radius 1 is 1.05 bits per heavy atom. The van der Waals surface area contributed by atoms with Crippen molar-refractivity contribution in [2.45, 2.75) is 77.7 Å². The second-order valence-corrected chi connectivity index (χ2v) is 7.02. The smallest absolute Gasteiger partial charge is 0.225 e. The molecule has 0 atom stereocenters. The van der Waals surface area contributed by atoms with Gasteiger partial charge in [0.05, 0.1) is 0 Å². The third kappa shape index (κ3) is 4.98. The van der Waals surface area contributed by atoms with Crippen LogP contribution in [0.15, 0.2) is 0 Å². The van der Waals surface area contributed by atoms with Gasteiger partial charge in [-0.3, -0.25) is 4.79 Å². The van der Waals surface area contributed by atoms with Crippen LogP contribution in [-0.4, -0.2) is 36.5 Å². The van der Waals surface area contributed by atoms with Crippen molar-refractivity contribution in [1.82, 2.24) is 10.2 Å². The lowest BCUT2D eigenvalue weighted by Gasteiger charge is -2.36. The third-order valence-corrected chi connectivity index (χ3v) is 5.46. The molecule has 0 aromatic rings. The van der Waals surface area contributed by atoms with Gasteiger partial charge in [-0.2, -0.15) is 0 Å². The normalized spacial score (nSPS) is 27.8. The molecular weight excluding hydrogens is 260 g/mol. The molecule has 3 heteroatoms. The van der Waals surface area contributed by atoms with Crippen LogP contribution < -0.4 is 5.32 Å². The number of rotatable bonds is 6. The van der Waals surface area contributed by atoms with E-state index in [0.717, 1.165) is 51.2 Å². The van der Waals surface area contributed by atoms with E-state index in [2.05, 4.69) is 24.1 Å². The molecule has 2 aliphatic rings. The number of likely N-dealkylation sites (tertiary alicyclic amines) is 1. The summed E-state index contributed by atoms with van der Waals surface area (Å²) < 4.78 is 0. The van der Waals surface area contributed by atoms with Crippen LogP contribution in [0.5, 0.6) is 0 Å². The number of carbonyl (C=O) groups is 1. The summed E-state index contributed by atoms with van der Waals surface area (Å²) in [7, 11) is 0. The van der Waals surface area contributed by atoms with Crippen molar-refractivity contribution in [3.05, 3.63) is 0 Å². The Balaban J connectivity index is 1.70. The van der Waals surface area contributed by atoms with Gasteiger partial charge in [0.2, 0.25) is 5.91 Å². The Bertz CT molecular complexity index is 302. The largest absolute Gasteiger partial charge is 0.342 e. The SMILES string of the molecule is CCCCC1CCC(C(=O)N2CCC(NCC)CC2)CC1. The maximum atomic E-state index is 12.6. The van der Waals surface area contributed by atoms with Gasteiger partial charge >= 0.3 is 0 Å². The molecule has 1 aliphatic heterocycles. The number of unbranched alkanes of at least 4 members (excludes halogenated alkanes) is 1. The summed E-state index contributed by atoms with van der Waals surface area (Å²) in [5.41, 5.74) is 0. The first-order valence-corrected chi connectivity index (χ1v) is 9.26. The van der Waals surface area contributed by atoms with Gasteiger partial charge in [0.1, 0.15) is 0 Å². The minimum absolute atomic E-state index is 0.332. The lowest BCUT2D eigenvalue weighted by atomic mass is 9.79. The Morgan fingerprint density at radius 2 is 1.71 bits per heavy atom. The highest BCUT2D eigenvalue weighted by Crippen LogP contribution is 2.33. The second kappa shape index (κ2) is 8.77. The summed E-state index contributed by atoms with van der Waals surface area (Å²) in [6.45, 7) is 7.40. The Morgan fingerprint density at radius 3 is 2.29 bits per heavy atom. The minimum atomic E-state index is 0.332. The molecule has 21 heavy (non-hydrogen) atoms. The van der Waals surface area contributed by atoms with E-state index in [1.165, 1.54) is 32.1 Å². The number of carbonyl (C=O) groups excluding carboxylic acids is 1. The van der Waals surface area contributed by atoms with E-state index in [1.54, 1.807) is 0 Å². The van der Waals surface area contributed by atoms with E-state index in [4.69, 9.17) is 0 Å². The van der Waals surface area contributed by atoms with E-state index in [9.17, 15) is 4.79 Å². The van der Waals surface area contributed by atoms with Crippen LogP contribution in [-0.2, 0) is 4.79 Å². The molecule has 1 heterocycles. The van der Waals surface area contributed by atoms with Crippen LogP contribution in [0.2, 0.25) is 0 Å². The lowest BCUT2D eigenvalue weighted by Crippen LogP contribution is -2.47. The summed E-state index contributed by atoms with van der Waals surface area (Å²) in [5, 5.41) is 3.51. The molecule has 0 aromatic heterocycles. The first-order chi connectivity index (χ1) is 10.2. The molecule has 3 nitrogen and oxygen atoms in total. The number of hydrogen-bond donors (Lipinski definition) is 1. The molecule has 2 rings (SSSR count). The quantitative estimate of drug-likeness (QED) is 0.812. The molecule has 1 N–H and O–H groups in total. The molecule has 0 bridgehead atoms. The van der Waals surface area contributed by atoms with Crippen molar-refractivity contribution in [2.24, 2.45) is 11.8 Å². The van der Waals surface area contributed by atoms with Crippen LogP contribution in [0.4, 0.5) is 0 Å². The summed E-state index contributed by atoms with van der Waals surface area (Å²) in [6.07, 6.45) is 11.2. The molecule has 122 valence electrons. The van der Waals surface area contributed by atoms with Crippen molar-refractivity contribution in [3.8, 4) is 0 Å². The predicted octanol–water partition coefficient (Wildman–Crippen LogP) is 3.58. The first-order valence-electron chi connectivity index (χ1n) is 9.26. The van der Waals surface area contributed by atoms with E-state index in [-0.39, 0.29) is 0 Å². The van der Waals surface area contributed by atoms with Gasteiger partial charge in [0.25, 0.3) is 0 Å². The summed E-state index contributed by atoms with van der Waals surface area (Å²) in [5.74, 6) is 1.69. The number of piperidine rings is 1. The van der Waals surface area contributed by atoms with Crippen molar-refractivity contribution >= 4 is 5.91 Å². The van der Waals surface area contributed by atoms with Crippen LogP contribution in [0.1, 0.15) is 71.6 Å². The average molecular weight is 294 g/mol. The Labute approximate surface area is 130 Å². The zero-order valence-corrected chi connectivity index (χ0v) is 14.1. The molecule has 0 spiro atoms. The molecule has 0 unspecified atom stereocenters. The molecule has 0 aromatic carbocycles. The highest BCUT2D eigenvalue weighted by atomic mass is 16.2. The van der Waals surface area contributed by atoms with E-state index in [0.29, 0.717) is 17.9 Å². The maximum absolute atomic E-state index is 12.6. The maximum Gasteiger partial charge on any atom is 0.225 e. The highest BCUT2D eigenvalue weighted by molar-refractivity contribution is 5.79. The van der Waals surface area contributed by atoms with Crippen LogP contribution in [0, 0.1) is 11.8 Å². The predicted molar refractivity (Wildman–Crippen MR) is 88.3 cm³/mol. The average Bonchev–Trinajstić information content (AvgIpc) is 2.54. The van der Waals surface area contributed by atoms with Gasteiger partial charge in [-0.05, 0) is 51.0 Å². The number of nitrogens with one attached hydrogen (secondary N) is 1. The van der Waals surface area contributed by atoms with Crippen molar-refractivity contribution in [1.29, 1.82) is 0 Å². The fourth-order valence-corrected chi connectivity index (χ4v) is 4.04. The van der Waals surface area contributed by atoms with E-state index < -0.39 is 0 Å². The Kier molecular flexibility index (Phi) is 7.01. The number of hydrogen-bond acceptors (Lipinski definition) is 2. The molecule has 2 fully saturated rings. The van der Waals surface area contributed by atoms with Gasteiger partial charge in [0, 0.05) is 25.0 Å². The van der Waals surface area contributed by atoms with Gasteiger partial charge in [-0.15, -0.1) is 0 Å². The Hall–Kier alpha value is -0.570. The van der Waals surface area contributed by atoms with Crippen molar-refractivity contribution < 1.29 is 4.79 Å². The molecule has 0 radical (unpaired) electrons. The van der Waals surface area contributed by atoms with Crippen LogP contribution >= 0.6 is 0 Å². The lowest BCUT2D eigenvalue weighted by molar-refractivity contribution is -0.138. The molecule has 1 aliphatic carbocycles. The van der Waals surface area contributed by atoms with Crippen molar-refractivity contribution in [3.63, 3.8) is 0 Å². The fourth-order valence-electron chi connectivity index (χ4n) is 4.04. The monoisotopic (exact) mass is 294 g/mol. The minimum Gasteiger partial charge on any atom is -0.342 e. The number of amides is 1. The standard InChI is InChI=1S/C18H34N2O/c1-3-5-6-15-7-9-16(10-8-15)18(21)20-13-11-17(12-14-20)19-4-2/h15-17,19H,3-14H2,1-2H3. The van der Waals surface area contributed by atoms with Gasteiger partial charge in [-0.25, -0.2) is 0 Å². The van der Waals surface area contributed by atoms with E-state index >= 15 is 0 Å². The van der Waals surface area contributed by atoms with Crippen LogP contribution in [0.25, 0.3) is 0 Å². The topological polar surface area (TPSA) is 32.3 Å². The summed E-state index contributed by atoms with van der Waals surface area (Å²) in [6, 6.07) is 0.629. The molecule has 1 amide bonds. The zero-order chi connectivity index (χ0) is 15.1.